The second-order valence-electron chi connectivity index (χ2n) is 6.15. The van der Waals surface area contributed by atoms with Crippen molar-refractivity contribution in [3.63, 3.8) is 0 Å². The number of amides is 2. The Hall–Kier alpha value is -3.58. The van der Waals surface area contributed by atoms with Gasteiger partial charge in [0.2, 0.25) is 0 Å². The van der Waals surface area contributed by atoms with Crippen LogP contribution in [-0.4, -0.2) is 24.1 Å². The number of hydrogen-bond acceptors (Lipinski definition) is 5. The summed E-state index contributed by atoms with van der Waals surface area (Å²) in [5.74, 6) is -0.303. The smallest absolute Gasteiger partial charge is 0.414 e. The Morgan fingerprint density at radius 3 is 2.55 bits per heavy atom. The Balaban J connectivity index is 1.73. The summed E-state index contributed by atoms with van der Waals surface area (Å²) in [6.45, 7) is 0.268. The van der Waals surface area contributed by atoms with Crippen LogP contribution in [0.3, 0.4) is 0 Å². The number of nitrogens with one attached hydrogen (secondary N) is 1. The Labute approximate surface area is 173 Å². The molecule has 0 bridgehead atoms. The number of anilines is 3. The van der Waals surface area contributed by atoms with E-state index in [2.05, 4.69) is 10.3 Å². The Morgan fingerprint density at radius 1 is 1.17 bits per heavy atom. The van der Waals surface area contributed by atoms with E-state index in [0.29, 0.717) is 27.6 Å². The lowest BCUT2D eigenvalue weighted by Gasteiger charge is -2.21. The zero-order valence-electron chi connectivity index (χ0n) is 15.6. The van der Waals surface area contributed by atoms with Crippen molar-refractivity contribution in [2.24, 2.45) is 0 Å². The van der Waals surface area contributed by atoms with Gasteiger partial charge in [-0.15, -0.1) is 0 Å². The summed E-state index contributed by atoms with van der Waals surface area (Å²) < 4.78 is 4.86. The van der Waals surface area contributed by atoms with Gasteiger partial charge >= 0.3 is 6.09 Å². The van der Waals surface area contributed by atoms with Gasteiger partial charge in [-0.2, -0.15) is 0 Å². The number of ether oxygens (including phenoxy) is 1. The summed E-state index contributed by atoms with van der Waals surface area (Å²) in [6.07, 6.45) is 2.70. The third kappa shape index (κ3) is 5.03. The predicted molar refractivity (Wildman–Crippen MR) is 113 cm³/mol. The summed E-state index contributed by atoms with van der Waals surface area (Å²) in [6, 6.07) is 15.3. The number of nitrogens with two attached hydrogens (primary N) is 1. The molecule has 0 aliphatic rings. The molecule has 1 aromatic heterocycles. The van der Waals surface area contributed by atoms with E-state index >= 15 is 0 Å². The molecule has 29 heavy (non-hydrogen) atoms. The van der Waals surface area contributed by atoms with Crippen molar-refractivity contribution in [2.45, 2.75) is 6.54 Å². The number of carbonyl (C=O) groups excluding carboxylic acids is 2. The fourth-order valence-corrected chi connectivity index (χ4v) is 2.85. The third-order valence-electron chi connectivity index (χ3n) is 4.17. The number of methoxy groups -OCH3 is 1. The highest BCUT2D eigenvalue weighted by Gasteiger charge is 2.17. The molecule has 0 unspecified atom stereocenters. The van der Waals surface area contributed by atoms with E-state index < -0.39 is 6.09 Å². The molecule has 0 saturated heterocycles. The van der Waals surface area contributed by atoms with Crippen molar-refractivity contribution < 1.29 is 14.3 Å². The Morgan fingerprint density at radius 2 is 1.93 bits per heavy atom. The lowest BCUT2D eigenvalue weighted by molar-refractivity contribution is 0.102. The molecule has 8 heteroatoms. The van der Waals surface area contributed by atoms with Crippen LogP contribution >= 0.6 is 11.6 Å². The molecule has 0 saturated carbocycles. The van der Waals surface area contributed by atoms with Gasteiger partial charge in [-0.05, 0) is 48.0 Å². The molecule has 0 radical (unpaired) electrons. The number of nitrogen functional groups attached to an aromatic ring is 1. The second kappa shape index (κ2) is 9.07. The van der Waals surface area contributed by atoms with Crippen LogP contribution in [0.1, 0.15) is 15.9 Å². The lowest BCUT2D eigenvalue weighted by Crippen LogP contribution is -2.30. The van der Waals surface area contributed by atoms with Crippen LogP contribution in [0.2, 0.25) is 5.02 Å². The molecule has 0 spiro atoms. The van der Waals surface area contributed by atoms with E-state index in [1.165, 1.54) is 12.0 Å². The Kier molecular flexibility index (Phi) is 6.31. The predicted octanol–water partition coefficient (Wildman–Crippen LogP) is 4.34. The maximum Gasteiger partial charge on any atom is 0.414 e. The molecule has 0 atom stereocenters. The van der Waals surface area contributed by atoms with Crippen molar-refractivity contribution in [3.8, 4) is 0 Å². The summed E-state index contributed by atoms with van der Waals surface area (Å²) in [5.41, 5.74) is 8.62. The number of carbonyl (C=O) groups is 2. The van der Waals surface area contributed by atoms with Crippen LogP contribution in [0.5, 0.6) is 0 Å². The van der Waals surface area contributed by atoms with Crippen LogP contribution in [0.25, 0.3) is 0 Å². The first-order valence-electron chi connectivity index (χ1n) is 8.69. The average molecular weight is 411 g/mol. The molecule has 148 valence electrons. The highest BCUT2D eigenvalue weighted by Crippen LogP contribution is 2.23. The van der Waals surface area contributed by atoms with Crippen LogP contribution in [0.15, 0.2) is 67.0 Å². The summed E-state index contributed by atoms with van der Waals surface area (Å²) in [4.78, 5) is 30.1. The monoisotopic (exact) mass is 410 g/mol. The lowest BCUT2D eigenvalue weighted by atomic mass is 10.1. The highest BCUT2D eigenvalue weighted by atomic mass is 35.5. The standard InChI is InChI=1S/C21H19ClN4O3/c1-29-21(28)26(17-3-2-10-24-12-17)13-14-4-6-15(7-5-14)20(27)25-19-9-8-16(22)11-18(19)23/h2-12H,13,23H2,1H3,(H,25,27). The molecule has 0 fully saturated rings. The summed E-state index contributed by atoms with van der Waals surface area (Å²) in [5, 5.41) is 3.25. The average Bonchev–Trinajstić information content (AvgIpc) is 2.74. The summed E-state index contributed by atoms with van der Waals surface area (Å²) >= 11 is 5.87. The van der Waals surface area contributed by atoms with E-state index in [1.54, 1.807) is 67.0 Å². The van der Waals surface area contributed by atoms with Gasteiger partial charge in [0.15, 0.2) is 0 Å². The fraction of sp³-hybridized carbons (Fsp3) is 0.0952. The maximum absolute atomic E-state index is 12.5. The van der Waals surface area contributed by atoms with E-state index in [0.717, 1.165) is 5.56 Å². The molecule has 2 aromatic carbocycles. The topological polar surface area (TPSA) is 97.5 Å². The zero-order chi connectivity index (χ0) is 20.8. The zero-order valence-corrected chi connectivity index (χ0v) is 16.4. The van der Waals surface area contributed by atoms with E-state index in [4.69, 9.17) is 22.1 Å². The fourth-order valence-electron chi connectivity index (χ4n) is 2.67. The number of nitrogens with zero attached hydrogens (tertiary/aromatic N) is 2. The first kappa shape index (κ1) is 20.2. The van der Waals surface area contributed by atoms with Gasteiger partial charge in [-0.3, -0.25) is 14.7 Å². The normalized spacial score (nSPS) is 10.3. The molecular weight excluding hydrogens is 392 g/mol. The third-order valence-corrected chi connectivity index (χ3v) is 4.41. The van der Waals surface area contributed by atoms with Crippen molar-refractivity contribution in [2.75, 3.05) is 23.1 Å². The minimum Gasteiger partial charge on any atom is -0.452 e. The number of rotatable bonds is 5. The van der Waals surface area contributed by atoms with Crippen molar-refractivity contribution in [1.29, 1.82) is 0 Å². The molecule has 7 nitrogen and oxygen atoms in total. The minimum atomic E-state index is -0.502. The number of hydrogen-bond donors (Lipinski definition) is 2. The van der Waals surface area contributed by atoms with E-state index in [-0.39, 0.29) is 12.5 Å². The van der Waals surface area contributed by atoms with Crippen LogP contribution in [0.4, 0.5) is 21.9 Å². The van der Waals surface area contributed by atoms with Crippen LogP contribution in [0, 0.1) is 0 Å². The van der Waals surface area contributed by atoms with Gasteiger partial charge in [0.1, 0.15) is 0 Å². The van der Waals surface area contributed by atoms with Crippen LogP contribution < -0.4 is 16.0 Å². The van der Waals surface area contributed by atoms with Gasteiger partial charge in [0, 0.05) is 16.8 Å². The number of aromatic nitrogens is 1. The number of pyridine rings is 1. The number of halogens is 1. The summed E-state index contributed by atoms with van der Waals surface area (Å²) in [7, 11) is 1.32. The number of benzene rings is 2. The molecule has 3 rings (SSSR count). The van der Waals surface area contributed by atoms with Gasteiger partial charge in [-0.25, -0.2) is 4.79 Å². The van der Waals surface area contributed by atoms with Crippen molar-refractivity contribution >= 4 is 40.7 Å². The molecular formula is C21H19ClN4O3. The quantitative estimate of drug-likeness (QED) is 0.609. The first-order valence-corrected chi connectivity index (χ1v) is 9.06. The van der Waals surface area contributed by atoms with Crippen LogP contribution in [-0.2, 0) is 11.3 Å². The first-order chi connectivity index (χ1) is 14.0. The minimum absolute atomic E-state index is 0.268. The highest BCUT2D eigenvalue weighted by molar-refractivity contribution is 6.31. The molecule has 0 aliphatic carbocycles. The van der Waals surface area contributed by atoms with E-state index in [1.807, 2.05) is 0 Å². The van der Waals surface area contributed by atoms with Gasteiger partial charge in [0.05, 0.1) is 36.9 Å². The largest absolute Gasteiger partial charge is 0.452 e. The molecule has 3 aromatic rings. The SMILES string of the molecule is COC(=O)N(Cc1ccc(C(=O)Nc2ccc(Cl)cc2N)cc1)c1cccnc1. The Bertz CT molecular complexity index is 1010. The van der Waals surface area contributed by atoms with E-state index in [9.17, 15) is 9.59 Å². The molecule has 3 N–H and O–H groups in total. The molecule has 0 aliphatic heterocycles. The van der Waals surface area contributed by atoms with Gasteiger partial charge in [-0.1, -0.05) is 23.7 Å². The van der Waals surface area contributed by atoms with Crippen molar-refractivity contribution in [1.82, 2.24) is 4.98 Å². The van der Waals surface area contributed by atoms with Crippen molar-refractivity contribution in [3.05, 3.63) is 83.1 Å². The van der Waals surface area contributed by atoms with Gasteiger partial charge < -0.3 is 15.8 Å². The second-order valence-corrected chi connectivity index (χ2v) is 6.59. The molecule has 2 amide bonds. The molecule has 1 heterocycles. The van der Waals surface area contributed by atoms with Gasteiger partial charge in [0.25, 0.3) is 5.91 Å². The maximum atomic E-state index is 12.5.